The lowest BCUT2D eigenvalue weighted by molar-refractivity contribution is 0.0270. The molecule has 0 spiro atoms. The predicted molar refractivity (Wildman–Crippen MR) is 71.4 cm³/mol. The monoisotopic (exact) mass is 261 g/mol. The van der Waals surface area contributed by atoms with Crippen LogP contribution in [0.4, 0.5) is 0 Å². The fraction of sp³-hybridized carbons (Fsp3) is 0.533. The van der Waals surface area contributed by atoms with Crippen LogP contribution in [0.25, 0.3) is 0 Å². The van der Waals surface area contributed by atoms with E-state index in [2.05, 4.69) is 5.32 Å². The molecule has 2 heterocycles. The zero-order chi connectivity index (χ0) is 13.2. The number of hydrogen-bond donors (Lipinski definition) is 1. The zero-order valence-corrected chi connectivity index (χ0v) is 11.1. The highest BCUT2D eigenvalue weighted by Crippen LogP contribution is 2.29. The number of rotatable bonds is 3. The van der Waals surface area contributed by atoms with E-state index in [-0.39, 0.29) is 12.1 Å². The summed E-state index contributed by atoms with van der Waals surface area (Å²) in [5, 5.41) is 3.52. The zero-order valence-electron chi connectivity index (χ0n) is 11.1. The Morgan fingerprint density at radius 1 is 1.26 bits per heavy atom. The van der Waals surface area contributed by atoms with Crippen LogP contribution in [0, 0.1) is 0 Å². The molecule has 0 aromatic heterocycles. The molecular weight excluding hydrogens is 242 g/mol. The number of fused-ring (bicyclic) bond motifs is 2. The standard InChI is InChI=1S/C15H19NO3/c1-18-12-7-5-10(6-8-12)15(17)19-14-9-11-3-2-4-13(14)16-11/h5-8,11,13-14,16H,2-4,9H2,1H3/t11-,13+,14-/m0/s1. The quantitative estimate of drug-likeness (QED) is 0.847. The van der Waals surface area contributed by atoms with Gasteiger partial charge >= 0.3 is 5.97 Å². The molecule has 1 aromatic rings. The smallest absolute Gasteiger partial charge is 0.338 e. The van der Waals surface area contributed by atoms with Crippen molar-refractivity contribution in [1.82, 2.24) is 5.32 Å². The van der Waals surface area contributed by atoms with Gasteiger partial charge in [-0.1, -0.05) is 6.42 Å². The van der Waals surface area contributed by atoms with E-state index in [1.54, 1.807) is 31.4 Å². The average molecular weight is 261 g/mol. The van der Waals surface area contributed by atoms with Crippen LogP contribution in [-0.4, -0.2) is 31.3 Å². The van der Waals surface area contributed by atoms with Gasteiger partial charge in [0.1, 0.15) is 11.9 Å². The van der Waals surface area contributed by atoms with Gasteiger partial charge in [0.25, 0.3) is 0 Å². The molecule has 4 heteroatoms. The molecule has 4 nitrogen and oxygen atoms in total. The van der Waals surface area contributed by atoms with Gasteiger partial charge in [-0.3, -0.25) is 0 Å². The fourth-order valence-corrected chi connectivity index (χ4v) is 3.04. The van der Waals surface area contributed by atoms with Crippen molar-refractivity contribution >= 4 is 5.97 Å². The van der Waals surface area contributed by atoms with Crippen LogP contribution in [0.2, 0.25) is 0 Å². The Hall–Kier alpha value is -1.55. The van der Waals surface area contributed by atoms with Crippen molar-refractivity contribution in [3.8, 4) is 5.75 Å². The number of piperidine rings is 1. The SMILES string of the molecule is COc1ccc(C(=O)O[C@H]2C[C@@H]3CCC[C@H]2N3)cc1. The lowest BCUT2D eigenvalue weighted by Gasteiger charge is -2.22. The first-order valence-corrected chi connectivity index (χ1v) is 6.87. The van der Waals surface area contributed by atoms with Crippen molar-refractivity contribution in [3.05, 3.63) is 29.8 Å². The number of carbonyl (C=O) groups is 1. The topological polar surface area (TPSA) is 47.6 Å². The molecule has 1 N–H and O–H groups in total. The van der Waals surface area contributed by atoms with Crippen LogP contribution in [0.5, 0.6) is 5.75 Å². The maximum atomic E-state index is 12.1. The average Bonchev–Trinajstić information content (AvgIpc) is 2.73. The van der Waals surface area contributed by atoms with Gasteiger partial charge < -0.3 is 14.8 Å². The molecule has 0 amide bonds. The summed E-state index contributed by atoms with van der Waals surface area (Å²) < 4.78 is 10.7. The van der Waals surface area contributed by atoms with Gasteiger partial charge in [-0.2, -0.15) is 0 Å². The van der Waals surface area contributed by atoms with E-state index in [4.69, 9.17) is 9.47 Å². The van der Waals surface area contributed by atoms with Crippen molar-refractivity contribution in [2.24, 2.45) is 0 Å². The van der Waals surface area contributed by atoms with Crippen molar-refractivity contribution < 1.29 is 14.3 Å². The van der Waals surface area contributed by atoms with Crippen molar-refractivity contribution in [3.63, 3.8) is 0 Å². The Balaban J connectivity index is 1.64. The number of nitrogens with one attached hydrogen (secondary N) is 1. The van der Waals surface area contributed by atoms with Gasteiger partial charge in [-0.15, -0.1) is 0 Å². The Labute approximate surface area is 113 Å². The normalized spacial score (nSPS) is 29.0. The minimum Gasteiger partial charge on any atom is -0.497 e. The number of hydrogen-bond acceptors (Lipinski definition) is 4. The first kappa shape index (κ1) is 12.5. The molecule has 0 unspecified atom stereocenters. The van der Waals surface area contributed by atoms with Crippen LogP contribution in [0.3, 0.4) is 0 Å². The molecule has 0 aliphatic carbocycles. The van der Waals surface area contributed by atoms with Gasteiger partial charge in [0.2, 0.25) is 0 Å². The molecule has 2 fully saturated rings. The van der Waals surface area contributed by atoms with Crippen molar-refractivity contribution in [2.45, 2.75) is 43.9 Å². The van der Waals surface area contributed by atoms with Crippen LogP contribution in [0.1, 0.15) is 36.0 Å². The van der Waals surface area contributed by atoms with Crippen LogP contribution < -0.4 is 10.1 Å². The third-order valence-corrected chi connectivity index (χ3v) is 4.07. The Morgan fingerprint density at radius 2 is 2.05 bits per heavy atom. The Morgan fingerprint density at radius 3 is 2.74 bits per heavy atom. The first-order valence-electron chi connectivity index (χ1n) is 6.87. The predicted octanol–water partition coefficient (Wildman–Crippen LogP) is 2.13. The minimum absolute atomic E-state index is 0.0297. The third-order valence-electron chi connectivity index (χ3n) is 4.07. The van der Waals surface area contributed by atoms with Gasteiger partial charge in [0.15, 0.2) is 0 Å². The minimum atomic E-state index is -0.234. The number of esters is 1. The first-order chi connectivity index (χ1) is 9.26. The van der Waals surface area contributed by atoms with E-state index in [9.17, 15) is 4.79 Å². The molecule has 0 saturated carbocycles. The second-order valence-electron chi connectivity index (χ2n) is 5.31. The van der Waals surface area contributed by atoms with Gasteiger partial charge in [-0.25, -0.2) is 4.79 Å². The second kappa shape index (κ2) is 5.21. The molecule has 2 bridgehead atoms. The highest BCUT2D eigenvalue weighted by atomic mass is 16.5. The summed E-state index contributed by atoms with van der Waals surface area (Å²) in [5.41, 5.74) is 0.585. The molecule has 1 aromatic carbocycles. The van der Waals surface area contributed by atoms with E-state index >= 15 is 0 Å². The van der Waals surface area contributed by atoms with Crippen LogP contribution >= 0.6 is 0 Å². The molecule has 19 heavy (non-hydrogen) atoms. The highest BCUT2D eigenvalue weighted by Gasteiger charge is 2.38. The summed E-state index contributed by atoms with van der Waals surface area (Å²) >= 11 is 0. The summed E-state index contributed by atoms with van der Waals surface area (Å²) in [5.74, 6) is 0.511. The molecular formula is C15H19NO3. The third kappa shape index (κ3) is 2.59. The number of ether oxygens (including phenoxy) is 2. The van der Waals surface area contributed by atoms with Gasteiger partial charge in [-0.05, 0) is 37.1 Å². The number of benzene rings is 1. The van der Waals surface area contributed by atoms with Gasteiger partial charge in [0.05, 0.1) is 12.7 Å². The summed E-state index contributed by atoms with van der Waals surface area (Å²) in [6, 6.07) is 7.93. The summed E-state index contributed by atoms with van der Waals surface area (Å²) in [6.45, 7) is 0. The lowest BCUT2D eigenvalue weighted by atomic mass is 10.1. The van der Waals surface area contributed by atoms with Crippen LogP contribution in [0.15, 0.2) is 24.3 Å². The van der Waals surface area contributed by atoms with Crippen molar-refractivity contribution in [2.75, 3.05) is 7.11 Å². The summed E-state index contributed by atoms with van der Waals surface area (Å²) in [7, 11) is 1.61. The summed E-state index contributed by atoms with van der Waals surface area (Å²) in [6.07, 6.45) is 4.53. The van der Waals surface area contributed by atoms with E-state index in [0.29, 0.717) is 17.6 Å². The maximum Gasteiger partial charge on any atom is 0.338 e. The fourth-order valence-electron chi connectivity index (χ4n) is 3.04. The lowest BCUT2D eigenvalue weighted by Crippen LogP contribution is -2.38. The summed E-state index contributed by atoms with van der Waals surface area (Å²) in [4.78, 5) is 12.1. The van der Waals surface area contributed by atoms with Crippen LogP contribution in [-0.2, 0) is 4.74 Å². The molecule has 2 aliphatic heterocycles. The van der Waals surface area contributed by atoms with E-state index in [1.807, 2.05) is 0 Å². The van der Waals surface area contributed by atoms with E-state index in [0.717, 1.165) is 18.6 Å². The van der Waals surface area contributed by atoms with E-state index < -0.39 is 0 Å². The molecule has 0 radical (unpaired) electrons. The maximum absolute atomic E-state index is 12.1. The van der Waals surface area contributed by atoms with Crippen molar-refractivity contribution in [1.29, 1.82) is 0 Å². The largest absolute Gasteiger partial charge is 0.497 e. The highest BCUT2D eigenvalue weighted by molar-refractivity contribution is 5.89. The van der Waals surface area contributed by atoms with E-state index in [1.165, 1.54) is 12.8 Å². The Bertz CT molecular complexity index is 457. The number of carbonyl (C=O) groups excluding carboxylic acids is 1. The molecule has 3 atom stereocenters. The second-order valence-corrected chi connectivity index (χ2v) is 5.31. The number of methoxy groups -OCH3 is 1. The molecule has 3 rings (SSSR count). The molecule has 2 aliphatic rings. The molecule has 2 saturated heterocycles. The Kier molecular flexibility index (Phi) is 3.42. The molecule has 102 valence electrons. The van der Waals surface area contributed by atoms with Gasteiger partial charge in [0, 0.05) is 18.5 Å².